The number of piperidine rings is 1. The van der Waals surface area contributed by atoms with Crippen molar-refractivity contribution in [3.8, 4) is 0 Å². The predicted molar refractivity (Wildman–Crippen MR) is 68.4 cm³/mol. The van der Waals surface area contributed by atoms with Crippen molar-refractivity contribution in [1.82, 2.24) is 5.32 Å². The van der Waals surface area contributed by atoms with Crippen molar-refractivity contribution in [3.63, 3.8) is 0 Å². The molecule has 1 saturated heterocycles. The van der Waals surface area contributed by atoms with Crippen molar-refractivity contribution in [2.45, 2.75) is 57.8 Å². The third kappa shape index (κ3) is 2.16. The molecule has 0 radical (unpaired) electrons. The predicted octanol–water partition coefficient (Wildman–Crippen LogP) is 3.59. The molecule has 0 aromatic heterocycles. The molecule has 0 aromatic rings. The van der Waals surface area contributed by atoms with E-state index in [0.29, 0.717) is 0 Å². The molecule has 1 heterocycles. The Hall–Kier alpha value is -0.0400. The molecule has 2 saturated carbocycles. The Balaban J connectivity index is 1.67. The number of hydrogen-bond acceptors (Lipinski definition) is 1. The van der Waals surface area contributed by atoms with Crippen molar-refractivity contribution < 1.29 is 0 Å². The molecule has 92 valence electrons. The second kappa shape index (κ2) is 5.08. The van der Waals surface area contributed by atoms with Crippen LogP contribution in [0.5, 0.6) is 0 Å². The Bertz CT molecular complexity index is 189. The normalized spacial score (nSPS) is 38.2. The first kappa shape index (κ1) is 11.1. The summed E-state index contributed by atoms with van der Waals surface area (Å²) >= 11 is 0. The molecule has 0 amide bonds. The maximum atomic E-state index is 3.67. The van der Waals surface area contributed by atoms with Crippen LogP contribution in [-0.4, -0.2) is 13.1 Å². The van der Waals surface area contributed by atoms with Gasteiger partial charge in [-0.25, -0.2) is 0 Å². The van der Waals surface area contributed by atoms with Crippen molar-refractivity contribution in [2.75, 3.05) is 13.1 Å². The van der Waals surface area contributed by atoms with Crippen molar-refractivity contribution in [1.29, 1.82) is 0 Å². The molecule has 3 aliphatic rings. The third-order valence-corrected chi connectivity index (χ3v) is 5.60. The molecule has 3 rings (SSSR count). The molecule has 0 bridgehead atoms. The van der Waals surface area contributed by atoms with E-state index in [0.717, 1.165) is 23.7 Å². The van der Waals surface area contributed by atoms with E-state index in [1.807, 2.05) is 0 Å². The lowest BCUT2D eigenvalue weighted by atomic mass is 9.70. The van der Waals surface area contributed by atoms with Gasteiger partial charge < -0.3 is 5.32 Å². The molecule has 0 spiro atoms. The molecule has 3 fully saturated rings. The minimum absolute atomic E-state index is 1.04. The van der Waals surface area contributed by atoms with Crippen LogP contribution >= 0.6 is 0 Å². The highest BCUT2D eigenvalue weighted by Crippen LogP contribution is 2.44. The maximum absolute atomic E-state index is 3.67. The van der Waals surface area contributed by atoms with E-state index < -0.39 is 0 Å². The fourth-order valence-electron chi connectivity index (χ4n) is 4.78. The Morgan fingerprint density at radius 3 is 1.81 bits per heavy atom. The van der Waals surface area contributed by atoms with Gasteiger partial charge in [-0.2, -0.15) is 0 Å². The summed E-state index contributed by atoms with van der Waals surface area (Å²) in [6.07, 6.45) is 13.7. The van der Waals surface area contributed by atoms with E-state index in [9.17, 15) is 0 Å². The van der Waals surface area contributed by atoms with Gasteiger partial charge in [0.15, 0.2) is 0 Å². The Labute approximate surface area is 100 Å². The zero-order valence-corrected chi connectivity index (χ0v) is 10.6. The summed E-state index contributed by atoms with van der Waals surface area (Å²) in [6.45, 7) is 2.64. The molecule has 1 nitrogen and oxygen atoms in total. The van der Waals surface area contributed by atoms with Gasteiger partial charge in [0, 0.05) is 0 Å². The van der Waals surface area contributed by atoms with E-state index in [1.165, 1.54) is 58.0 Å². The van der Waals surface area contributed by atoms with Crippen molar-refractivity contribution in [2.24, 2.45) is 23.7 Å². The standard InChI is InChI=1S/C15H27N/c1-2-6-12(5-1)14-9-10-16-11-15(14)13-7-3-4-8-13/h12-16H,1-11H2. The van der Waals surface area contributed by atoms with E-state index in [4.69, 9.17) is 0 Å². The number of hydrogen-bond donors (Lipinski definition) is 1. The van der Waals surface area contributed by atoms with Crippen LogP contribution in [0.3, 0.4) is 0 Å². The van der Waals surface area contributed by atoms with Crippen LogP contribution < -0.4 is 5.32 Å². The summed E-state index contributed by atoms with van der Waals surface area (Å²) in [7, 11) is 0. The van der Waals surface area contributed by atoms with Gasteiger partial charge in [0.2, 0.25) is 0 Å². The lowest BCUT2D eigenvalue weighted by Gasteiger charge is -2.39. The summed E-state index contributed by atoms with van der Waals surface area (Å²) < 4.78 is 0. The van der Waals surface area contributed by atoms with Gasteiger partial charge in [-0.15, -0.1) is 0 Å². The molecule has 2 atom stereocenters. The van der Waals surface area contributed by atoms with Gasteiger partial charge >= 0.3 is 0 Å². The molecular weight excluding hydrogens is 194 g/mol. The smallest absolute Gasteiger partial charge is 0.00151 e. The highest BCUT2D eigenvalue weighted by molar-refractivity contribution is 4.90. The van der Waals surface area contributed by atoms with Gasteiger partial charge in [-0.3, -0.25) is 0 Å². The lowest BCUT2D eigenvalue weighted by Crippen LogP contribution is -2.42. The Kier molecular flexibility index (Phi) is 3.51. The van der Waals surface area contributed by atoms with Gasteiger partial charge in [0.1, 0.15) is 0 Å². The van der Waals surface area contributed by atoms with Gasteiger partial charge in [-0.05, 0) is 43.2 Å². The van der Waals surface area contributed by atoms with E-state index in [1.54, 1.807) is 12.8 Å². The van der Waals surface area contributed by atoms with Gasteiger partial charge in [-0.1, -0.05) is 51.4 Å². The number of rotatable bonds is 2. The van der Waals surface area contributed by atoms with Crippen LogP contribution in [0.2, 0.25) is 0 Å². The quantitative estimate of drug-likeness (QED) is 0.751. The molecule has 2 unspecified atom stereocenters. The minimum atomic E-state index is 1.04. The monoisotopic (exact) mass is 221 g/mol. The Morgan fingerprint density at radius 2 is 1.19 bits per heavy atom. The summed E-state index contributed by atoms with van der Waals surface area (Å²) in [5, 5.41) is 3.67. The van der Waals surface area contributed by atoms with Crippen LogP contribution in [-0.2, 0) is 0 Å². The zero-order chi connectivity index (χ0) is 10.8. The summed E-state index contributed by atoms with van der Waals surface area (Å²) in [4.78, 5) is 0. The second-order valence-corrected chi connectivity index (χ2v) is 6.41. The fourth-order valence-corrected chi connectivity index (χ4v) is 4.78. The largest absolute Gasteiger partial charge is 0.316 e. The molecule has 16 heavy (non-hydrogen) atoms. The summed E-state index contributed by atoms with van der Waals surface area (Å²) in [5.41, 5.74) is 0. The first-order valence-electron chi connectivity index (χ1n) is 7.66. The molecular formula is C15H27N. The van der Waals surface area contributed by atoms with Crippen LogP contribution in [0.4, 0.5) is 0 Å². The number of nitrogens with one attached hydrogen (secondary N) is 1. The summed E-state index contributed by atoms with van der Waals surface area (Å²) in [5.74, 6) is 4.32. The second-order valence-electron chi connectivity index (χ2n) is 6.41. The average molecular weight is 221 g/mol. The first-order chi connectivity index (χ1) is 7.95. The fraction of sp³-hybridized carbons (Fsp3) is 1.00. The van der Waals surface area contributed by atoms with Gasteiger partial charge in [0.25, 0.3) is 0 Å². The third-order valence-electron chi connectivity index (χ3n) is 5.60. The van der Waals surface area contributed by atoms with Crippen LogP contribution in [0.25, 0.3) is 0 Å². The summed E-state index contributed by atoms with van der Waals surface area (Å²) in [6, 6.07) is 0. The topological polar surface area (TPSA) is 12.0 Å². The van der Waals surface area contributed by atoms with E-state index in [-0.39, 0.29) is 0 Å². The molecule has 2 aliphatic carbocycles. The van der Waals surface area contributed by atoms with Crippen LogP contribution in [0, 0.1) is 23.7 Å². The highest BCUT2D eigenvalue weighted by atomic mass is 14.9. The van der Waals surface area contributed by atoms with E-state index >= 15 is 0 Å². The Morgan fingerprint density at radius 1 is 0.625 bits per heavy atom. The highest BCUT2D eigenvalue weighted by Gasteiger charge is 2.37. The van der Waals surface area contributed by atoms with Crippen LogP contribution in [0.1, 0.15) is 57.8 Å². The lowest BCUT2D eigenvalue weighted by molar-refractivity contribution is 0.122. The molecule has 1 heteroatoms. The first-order valence-corrected chi connectivity index (χ1v) is 7.66. The van der Waals surface area contributed by atoms with Crippen molar-refractivity contribution in [3.05, 3.63) is 0 Å². The maximum Gasteiger partial charge on any atom is -0.00151 e. The van der Waals surface area contributed by atoms with Gasteiger partial charge in [0.05, 0.1) is 0 Å². The zero-order valence-electron chi connectivity index (χ0n) is 10.6. The SMILES string of the molecule is C1CCC(C2CCNCC2C2CCCC2)C1. The average Bonchev–Trinajstić information content (AvgIpc) is 3.03. The molecule has 1 N–H and O–H groups in total. The molecule has 0 aromatic carbocycles. The molecule has 1 aliphatic heterocycles. The van der Waals surface area contributed by atoms with Crippen molar-refractivity contribution >= 4 is 0 Å². The van der Waals surface area contributed by atoms with E-state index in [2.05, 4.69) is 5.32 Å². The van der Waals surface area contributed by atoms with Crippen LogP contribution in [0.15, 0.2) is 0 Å². The minimum Gasteiger partial charge on any atom is -0.316 e.